The molecule has 0 aliphatic rings. The maximum absolute atomic E-state index is 12.5. The van der Waals surface area contributed by atoms with Crippen molar-refractivity contribution in [2.45, 2.75) is 341 Å². The van der Waals surface area contributed by atoms with Gasteiger partial charge >= 0.3 is 5.97 Å². The van der Waals surface area contributed by atoms with Crippen molar-refractivity contribution in [3.63, 3.8) is 0 Å². The van der Waals surface area contributed by atoms with E-state index in [1.807, 2.05) is 6.08 Å². The van der Waals surface area contributed by atoms with E-state index >= 15 is 0 Å². The average molecular weight is 1020 g/mol. The first-order valence-electron chi connectivity index (χ1n) is 32.1. The highest BCUT2D eigenvalue weighted by molar-refractivity contribution is 5.76. The fourth-order valence-electron chi connectivity index (χ4n) is 9.60. The van der Waals surface area contributed by atoms with E-state index in [0.29, 0.717) is 19.4 Å². The van der Waals surface area contributed by atoms with Crippen molar-refractivity contribution >= 4 is 11.9 Å². The molecule has 426 valence electrons. The molecule has 0 aromatic rings. The molecule has 6 heteroatoms. The summed E-state index contributed by atoms with van der Waals surface area (Å²) in [6.07, 6.45) is 81.2. The minimum atomic E-state index is -0.854. The van der Waals surface area contributed by atoms with E-state index in [0.717, 1.165) is 83.5 Å². The van der Waals surface area contributed by atoms with E-state index in [1.165, 1.54) is 218 Å². The van der Waals surface area contributed by atoms with Gasteiger partial charge in [-0.15, -0.1) is 0 Å². The summed E-state index contributed by atoms with van der Waals surface area (Å²) in [4.78, 5) is 24.6. The molecule has 0 spiro atoms. The van der Waals surface area contributed by atoms with E-state index in [4.69, 9.17) is 4.74 Å². The molecule has 0 saturated heterocycles. The number of carbonyl (C=O) groups is 2. The fourth-order valence-corrected chi connectivity index (χ4v) is 9.60. The van der Waals surface area contributed by atoms with Crippen LogP contribution < -0.4 is 5.32 Å². The van der Waals surface area contributed by atoms with Gasteiger partial charge in [-0.3, -0.25) is 9.59 Å². The Morgan fingerprint density at radius 1 is 0.397 bits per heavy atom. The van der Waals surface area contributed by atoms with Gasteiger partial charge in [-0.25, -0.2) is 0 Å². The van der Waals surface area contributed by atoms with Gasteiger partial charge in [-0.1, -0.05) is 280 Å². The Hall–Kier alpha value is -2.44. The minimum Gasteiger partial charge on any atom is -0.466 e. The van der Waals surface area contributed by atoms with Crippen LogP contribution in [0, 0.1) is 0 Å². The first-order valence-corrected chi connectivity index (χ1v) is 32.1. The van der Waals surface area contributed by atoms with Gasteiger partial charge in [-0.05, 0) is 96.3 Å². The molecule has 0 radical (unpaired) electrons. The lowest BCUT2D eigenvalue weighted by Crippen LogP contribution is -2.45. The number of carbonyl (C=O) groups excluding carboxylic acids is 2. The smallest absolute Gasteiger partial charge is 0.305 e. The molecule has 0 aliphatic heterocycles. The van der Waals surface area contributed by atoms with Crippen LogP contribution in [0.1, 0.15) is 328 Å². The summed E-state index contributed by atoms with van der Waals surface area (Å²) in [6, 6.07) is -0.638. The third-order valence-corrected chi connectivity index (χ3v) is 14.5. The summed E-state index contributed by atoms with van der Waals surface area (Å²) in [5, 5.41) is 23.2. The number of hydrogen-bond acceptors (Lipinski definition) is 5. The lowest BCUT2D eigenvalue weighted by Gasteiger charge is -2.20. The molecule has 0 heterocycles. The summed E-state index contributed by atoms with van der Waals surface area (Å²) in [7, 11) is 0. The van der Waals surface area contributed by atoms with Gasteiger partial charge in [0.15, 0.2) is 0 Å². The topological polar surface area (TPSA) is 95.9 Å². The van der Waals surface area contributed by atoms with E-state index in [-0.39, 0.29) is 18.5 Å². The van der Waals surface area contributed by atoms with Crippen molar-refractivity contribution in [3.05, 3.63) is 60.8 Å². The molecule has 1 amide bonds. The zero-order valence-corrected chi connectivity index (χ0v) is 48.6. The van der Waals surface area contributed by atoms with Crippen LogP contribution in [0.5, 0.6) is 0 Å². The molecule has 2 atom stereocenters. The summed E-state index contributed by atoms with van der Waals surface area (Å²) in [5.74, 6) is -0.0986. The van der Waals surface area contributed by atoms with Gasteiger partial charge in [-0.2, -0.15) is 0 Å². The number of rotatable bonds is 59. The van der Waals surface area contributed by atoms with Gasteiger partial charge in [0.2, 0.25) is 5.91 Å². The summed E-state index contributed by atoms with van der Waals surface area (Å²) < 4.78 is 5.46. The molecule has 6 nitrogen and oxygen atoms in total. The molecule has 0 aromatic heterocycles. The summed E-state index contributed by atoms with van der Waals surface area (Å²) in [6.45, 7) is 4.86. The molecular weight excluding hydrogens is 899 g/mol. The van der Waals surface area contributed by atoms with E-state index in [9.17, 15) is 19.8 Å². The van der Waals surface area contributed by atoms with Gasteiger partial charge in [0.05, 0.1) is 25.4 Å². The third kappa shape index (κ3) is 58.7. The highest BCUT2D eigenvalue weighted by Gasteiger charge is 2.18. The van der Waals surface area contributed by atoms with Crippen molar-refractivity contribution in [2.24, 2.45) is 0 Å². The second kappa shape index (κ2) is 62.1. The second-order valence-electron chi connectivity index (χ2n) is 21.8. The third-order valence-electron chi connectivity index (χ3n) is 14.5. The Morgan fingerprint density at radius 2 is 0.726 bits per heavy atom. The van der Waals surface area contributed by atoms with Crippen molar-refractivity contribution in [1.29, 1.82) is 0 Å². The number of nitrogens with one attached hydrogen (secondary N) is 1. The monoisotopic (exact) mass is 1020 g/mol. The maximum atomic E-state index is 12.5. The predicted octanol–water partition coefficient (Wildman–Crippen LogP) is 20.3. The zero-order valence-electron chi connectivity index (χ0n) is 48.6. The Bertz CT molecular complexity index is 1270. The number of allylic oxidation sites excluding steroid dienone is 9. The first-order chi connectivity index (χ1) is 36.0. The van der Waals surface area contributed by atoms with Crippen LogP contribution in [0.3, 0.4) is 0 Å². The molecule has 0 fully saturated rings. The van der Waals surface area contributed by atoms with Crippen LogP contribution in [0.15, 0.2) is 60.8 Å². The molecular formula is C67H123NO5. The highest BCUT2D eigenvalue weighted by atomic mass is 16.5. The Balaban J connectivity index is 3.51. The predicted molar refractivity (Wildman–Crippen MR) is 319 cm³/mol. The van der Waals surface area contributed by atoms with Crippen LogP contribution in [-0.4, -0.2) is 47.4 Å². The van der Waals surface area contributed by atoms with Gasteiger partial charge in [0, 0.05) is 12.8 Å². The Kier molecular flexibility index (Phi) is 60.0. The number of ether oxygens (including phenoxy) is 1. The van der Waals surface area contributed by atoms with E-state index < -0.39 is 12.1 Å². The average Bonchev–Trinajstić information content (AvgIpc) is 3.39. The van der Waals surface area contributed by atoms with Crippen molar-refractivity contribution < 1.29 is 24.5 Å². The molecule has 2 unspecified atom stereocenters. The molecule has 0 aliphatic carbocycles. The quantitative estimate of drug-likeness (QED) is 0.0244. The normalized spacial score (nSPS) is 13.0. The van der Waals surface area contributed by atoms with Crippen LogP contribution in [0.25, 0.3) is 0 Å². The Morgan fingerprint density at radius 3 is 1.14 bits per heavy atom. The van der Waals surface area contributed by atoms with Gasteiger partial charge < -0.3 is 20.3 Å². The summed E-state index contributed by atoms with van der Waals surface area (Å²) >= 11 is 0. The zero-order chi connectivity index (χ0) is 52.9. The minimum absolute atomic E-state index is 0.0217. The largest absolute Gasteiger partial charge is 0.466 e. The lowest BCUT2D eigenvalue weighted by molar-refractivity contribution is -0.143. The number of hydrogen-bond donors (Lipinski definition) is 3. The van der Waals surface area contributed by atoms with Crippen molar-refractivity contribution in [2.75, 3.05) is 13.2 Å². The molecule has 0 saturated carbocycles. The lowest BCUT2D eigenvalue weighted by atomic mass is 10.0. The first kappa shape index (κ1) is 70.6. The SMILES string of the molecule is CCCCCC/C=C\C/C=C\CCCCCCCCCC(=O)OCCCCC/C=C\C=C/CCCCCCCCCCCCC(=O)NC(CO)C(O)/C=C/CCCCCCCCCCCCCCCCCCC. The molecule has 0 aromatic carbocycles. The van der Waals surface area contributed by atoms with Gasteiger partial charge in [0.1, 0.15) is 0 Å². The number of esters is 1. The Labute approximate surface area is 454 Å². The van der Waals surface area contributed by atoms with Crippen LogP contribution in [0.4, 0.5) is 0 Å². The molecule has 0 rings (SSSR count). The summed E-state index contributed by atoms with van der Waals surface area (Å²) in [5.41, 5.74) is 0. The van der Waals surface area contributed by atoms with Crippen molar-refractivity contribution in [3.8, 4) is 0 Å². The number of aliphatic hydroxyl groups excluding tert-OH is 2. The number of aliphatic hydroxyl groups is 2. The van der Waals surface area contributed by atoms with Crippen molar-refractivity contribution in [1.82, 2.24) is 5.32 Å². The number of unbranched alkanes of at least 4 members (excludes halogenated alkanes) is 41. The fraction of sp³-hybridized carbons (Fsp3) is 0.821. The van der Waals surface area contributed by atoms with Gasteiger partial charge in [0.25, 0.3) is 0 Å². The van der Waals surface area contributed by atoms with E-state index in [1.54, 1.807) is 6.08 Å². The second-order valence-corrected chi connectivity index (χ2v) is 21.8. The highest BCUT2D eigenvalue weighted by Crippen LogP contribution is 2.17. The molecule has 3 N–H and O–H groups in total. The van der Waals surface area contributed by atoms with Crippen LogP contribution in [0.2, 0.25) is 0 Å². The number of amides is 1. The maximum Gasteiger partial charge on any atom is 0.305 e. The van der Waals surface area contributed by atoms with Crippen LogP contribution in [-0.2, 0) is 14.3 Å². The van der Waals surface area contributed by atoms with E-state index in [2.05, 4.69) is 67.8 Å². The standard InChI is InChI=1S/C67H123NO5/c1-3-5-7-9-11-13-15-17-19-21-24-27-31-35-39-43-47-51-55-59-65(70)64(63-69)68-66(71)60-56-52-48-44-40-36-32-28-25-23-26-30-34-38-42-46-50-54-58-62-73-67(72)61-57-53-49-45-41-37-33-29-22-20-18-16-14-12-10-8-6-4-2/h14,16,20,22,30,34,38,42,55,59,64-65,69-70H,3-13,15,17-19,21,23-29,31-33,35-37,39-41,43-54,56-58,60-63H2,1-2H3,(H,68,71)/b16-14-,22-20-,34-30-,42-38-,59-55+. The van der Waals surface area contributed by atoms with Crippen LogP contribution >= 0.6 is 0 Å². The molecule has 73 heavy (non-hydrogen) atoms. The molecule has 0 bridgehead atoms.